The lowest BCUT2D eigenvalue weighted by molar-refractivity contribution is -0.123. The molecular formula is C17H11BrClNO2S. The molecule has 0 aromatic heterocycles. The molecule has 3 rings (SSSR count). The highest BCUT2D eigenvalue weighted by molar-refractivity contribution is 9.10. The Kier molecular flexibility index (Phi) is 4.90. The maximum Gasteiger partial charge on any atom is 0.293 e. The Morgan fingerprint density at radius 3 is 2.65 bits per heavy atom. The fourth-order valence-corrected chi connectivity index (χ4v) is 3.63. The molecule has 116 valence electrons. The van der Waals surface area contributed by atoms with E-state index in [2.05, 4.69) is 15.9 Å². The molecule has 0 unspecified atom stereocenters. The second kappa shape index (κ2) is 6.91. The van der Waals surface area contributed by atoms with E-state index in [1.807, 2.05) is 30.3 Å². The third kappa shape index (κ3) is 3.68. The molecule has 0 aliphatic carbocycles. The highest BCUT2D eigenvalue weighted by Gasteiger charge is 2.35. The van der Waals surface area contributed by atoms with Gasteiger partial charge in [0.05, 0.1) is 11.4 Å². The molecule has 1 heterocycles. The number of hydrogen-bond acceptors (Lipinski definition) is 3. The van der Waals surface area contributed by atoms with Crippen LogP contribution in [0.4, 0.5) is 4.79 Å². The minimum atomic E-state index is -0.282. The zero-order valence-corrected chi connectivity index (χ0v) is 15.0. The van der Waals surface area contributed by atoms with Gasteiger partial charge in [0, 0.05) is 9.50 Å². The number of carbonyl (C=O) groups excluding carboxylic acids is 2. The van der Waals surface area contributed by atoms with Gasteiger partial charge in [-0.05, 0) is 47.2 Å². The fourth-order valence-electron chi connectivity index (χ4n) is 2.18. The molecular weight excluding hydrogens is 398 g/mol. The number of carbonyl (C=O) groups is 2. The van der Waals surface area contributed by atoms with E-state index in [1.54, 1.807) is 24.3 Å². The highest BCUT2D eigenvalue weighted by Crippen LogP contribution is 2.34. The average molecular weight is 409 g/mol. The summed E-state index contributed by atoms with van der Waals surface area (Å²) in [6.07, 6.45) is 1.69. The lowest BCUT2D eigenvalue weighted by Gasteiger charge is -2.13. The predicted molar refractivity (Wildman–Crippen MR) is 97.1 cm³/mol. The molecule has 0 atom stereocenters. The summed E-state index contributed by atoms with van der Waals surface area (Å²) in [5, 5.41) is 0.324. The van der Waals surface area contributed by atoms with Crippen LogP contribution in [-0.4, -0.2) is 16.0 Å². The number of thioether (sulfide) groups is 1. The first-order chi connectivity index (χ1) is 11.0. The molecule has 1 fully saturated rings. The number of rotatable bonds is 3. The van der Waals surface area contributed by atoms with Crippen molar-refractivity contribution in [2.24, 2.45) is 0 Å². The number of nitrogens with zero attached hydrogens (tertiary/aromatic N) is 1. The number of halogens is 2. The van der Waals surface area contributed by atoms with Gasteiger partial charge >= 0.3 is 0 Å². The Hall–Kier alpha value is -1.56. The molecule has 3 nitrogen and oxygen atoms in total. The summed E-state index contributed by atoms with van der Waals surface area (Å²) in [6, 6.07) is 14.7. The molecule has 2 amide bonds. The van der Waals surface area contributed by atoms with Crippen LogP contribution in [-0.2, 0) is 11.3 Å². The van der Waals surface area contributed by atoms with E-state index in [-0.39, 0.29) is 17.7 Å². The van der Waals surface area contributed by atoms with Gasteiger partial charge in [-0.15, -0.1) is 0 Å². The molecule has 2 aromatic carbocycles. The summed E-state index contributed by atoms with van der Waals surface area (Å²) >= 11 is 10.3. The standard InChI is InChI=1S/C17H11BrClNO2S/c18-14-7-2-1-5-12(14)10-20-16(21)15(23-17(20)22)9-11-4-3-6-13(19)8-11/h1-9H,10H2/b15-9-. The number of hydrogen-bond donors (Lipinski definition) is 0. The van der Waals surface area contributed by atoms with Crippen LogP contribution >= 0.6 is 39.3 Å². The molecule has 0 saturated carbocycles. The van der Waals surface area contributed by atoms with Gasteiger partial charge in [-0.25, -0.2) is 0 Å². The second-order valence-corrected chi connectivity index (χ2v) is 7.20. The number of imide groups is 1. The van der Waals surface area contributed by atoms with Crippen molar-refractivity contribution in [2.75, 3.05) is 0 Å². The molecule has 23 heavy (non-hydrogen) atoms. The van der Waals surface area contributed by atoms with Gasteiger partial charge in [0.25, 0.3) is 11.1 Å². The number of amides is 2. The van der Waals surface area contributed by atoms with Gasteiger partial charge in [0.15, 0.2) is 0 Å². The molecule has 0 bridgehead atoms. The van der Waals surface area contributed by atoms with E-state index in [0.717, 1.165) is 27.4 Å². The van der Waals surface area contributed by atoms with E-state index in [4.69, 9.17) is 11.6 Å². The third-order valence-corrected chi connectivity index (χ3v) is 5.22. The van der Waals surface area contributed by atoms with Crippen molar-refractivity contribution in [2.45, 2.75) is 6.54 Å². The summed E-state index contributed by atoms with van der Waals surface area (Å²) in [6.45, 7) is 0.249. The van der Waals surface area contributed by atoms with Crippen molar-refractivity contribution in [1.29, 1.82) is 0 Å². The molecule has 2 aromatic rings. The van der Waals surface area contributed by atoms with Crippen LogP contribution in [0.3, 0.4) is 0 Å². The van der Waals surface area contributed by atoms with E-state index in [0.29, 0.717) is 9.93 Å². The zero-order valence-electron chi connectivity index (χ0n) is 11.8. The van der Waals surface area contributed by atoms with Crippen molar-refractivity contribution in [1.82, 2.24) is 4.90 Å². The first-order valence-corrected chi connectivity index (χ1v) is 8.77. The molecule has 1 aliphatic rings. The monoisotopic (exact) mass is 407 g/mol. The first kappa shape index (κ1) is 16.3. The van der Waals surface area contributed by atoms with Crippen molar-refractivity contribution in [3.63, 3.8) is 0 Å². The molecule has 0 N–H and O–H groups in total. The van der Waals surface area contributed by atoms with Crippen LogP contribution in [0.2, 0.25) is 5.02 Å². The van der Waals surface area contributed by atoms with Crippen LogP contribution in [0, 0.1) is 0 Å². The Labute approximate surface area is 151 Å². The summed E-state index contributed by atoms with van der Waals surface area (Å²) in [4.78, 5) is 26.3. The fraction of sp³-hybridized carbons (Fsp3) is 0.0588. The molecule has 0 radical (unpaired) electrons. The Morgan fingerprint density at radius 2 is 1.91 bits per heavy atom. The van der Waals surface area contributed by atoms with Crippen LogP contribution in [0.5, 0.6) is 0 Å². The Morgan fingerprint density at radius 1 is 1.13 bits per heavy atom. The lowest BCUT2D eigenvalue weighted by atomic mass is 10.2. The summed E-state index contributed by atoms with van der Waals surface area (Å²) in [5.74, 6) is -0.282. The topological polar surface area (TPSA) is 37.4 Å². The van der Waals surface area contributed by atoms with Crippen molar-refractivity contribution >= 4 is 56.5 Å². The Bertz CT molecular complexity index is 822. The van der Waals surface area contributed by atoms with Gasteiger partial charge in [0.2, 0.25) is 0 Å². The van der Waals surface area contributed by atoms with Gasteiger partial charge < -0.3 is 0 Å². The van der Waals surface area contributed by atoms with Crippen LogP contribution < -0.4 is 0 Å². The minimum absolute atomic E-state index is 0.249. The summed E-state index contributed by atoms with van der Waals surface area (Å²) in [7, 11) is 0. The maximum absolute atomic E-state index is 12.5. The second-order valence-electron chi connectivity index (χ2n) is 4.91. The largest absolute Gasteiger partial charge is 0.293 e. The molecule has 6 heteroatoms. The van der Waals surface area contributed by atoms with Crippen molar-refractivity contribution in [3.8, 4) is 0 Å². The quantitative estimate of drug-likeness (QED) is 0.643. The van der Waals surface area contributed by atoms with Gasteiger partial charge in [-0.1, -0.05) is 57.9 Å². The van der Waals surface area contributed by atoms with Gasteiger partial charge in [0.1, 0.15) is 0 Å². The van der Waals surface area contributed by atoms with Gasteiger partial charge in [-0.2, -0.15) is 0 Å². The smallest absolute Gasteiger partial charge is 0.268 e. The van der Waals surface area contributed by atoms with Crippen LogP contribution in [0.1, 0.15) is 11.1 Å². The van der Waals surface area contributed by atoms with Crippen LogP contribution in [0.15, 0.2) is 57.9 Å². The zero-order chi connectivity index (χ0) is 16.4. The summed E-state index contributed by atoms with van der Waals surface area (Å²) in [5.41, 5.74) is 1.68. The molecule has 1 aliphatic heterocycles. The highest BCUT2D eigenvalue weighted by atomic mass is 79.9. The number of benzene rings is 2. The Balaban J connectivity index is 1.84. The molecule has 0 spiro atoms. The van der Waals surface area contributed by atoms with E-state index in [9.17, 15) is 9.59 Å². The normalized spacial score (nSPS) is 16.4. The van der Waals surface area contributed by atoms with Crippen molar-refractivity contribution < 1.29 is 9.59 Å². The van der Waals surface area contributed by atoms with E-state index >= 15 is 0 Å². The predicted octanol–water partition coefficient (Wildman–Crippen LogP) is 5.34. The third-order valence-electron chi connectivity index (χ3n) is 3.31. The summed E-state index contributed by atoms with van der Waals surface area (Å²) < 4.78 is 0.873. The van der Waals surface area contributed by atoms with E-state index < -0.39 is 0 Å². The lowest BCUT2D eigenvalue weighted by Crippen LogP contribution is -2.27. The molecule has 1 saturated heterocycles. The average Bonchev–Trinajstić information content (AvgIpc) is 2.77. The maximum atomic E-state index is 12.5. The van der Waals surface area contributed by atoms with Crippen LogP contribution in [0.25, 0.3) is 6.08 Å². The minimum Gasteiger partial charge on any atom is -0.268 e. The SMILES string of the molecule is O=C1S/C(=C\c2cccc(Cl)c2)C(=O)N1Cc1ccccc1Br. The van der Waals surface area contributed by atoms with E-state index in [1.165, 1.54) is 4.90 Å². The first-order valence-electron chi connectivity index (χ1n) is 6.79. The van der Waals surface area contributed by atoms with Crippen molar-refractivity contribution in [3.05, 3.63) is 74.1 Å². The van der Waals surface area contributed by atoms with Gasteiger partial charge in [-0.3, -0.25) is 14.5 Å².